The summed E-state index contributed by atoms with van der Waals surface area (Å²) in [4.78, 5) is 17.6. The number of ether oxygens (including phenoxy) is 1. The molecule has 4 atom stereocenters. The van der Waals surface area contributed by atoms with Crippen molar-refractivity contribution in [1.82, 2.24) is 10.2 Å². The first-order valence-electron chi connectivity index (χ1n) is 11.7. The van der Waals surface area contributed by atoms with Crippen LogP contribution in [0.2, 0.25) is 0 Å². The first-order chi connectivity index (χ1) is 14.2. The van der Waals surface area contributed by atoms with Crippen LogP contribution in [0.5, 0.6) is 0 Å². The van der Waals surface area contributed by atoms with Crippen LogP contribution in [0, 0.1) is 0 Å². The molecular formula is C24H40N2O3S. The zero-order valence-corrected chi connectivity index (χ0v) is 20.2. The lowest BCUT2D eigenvalue weighted by Gasteiger charge is -2.41. The van der Waals surface area contributed by atoms with Gasteiger partial charge in [0.2, 0.25) is 0 Å². The molecule has 1 saturated heterocycles. The highest BCUT2D eigenvalue weighted by atomic mass is 32.1. The van der Waals surface area contributed by atoms with E-state index in [0.717, 1.165) is 38.6 Å². The van der Waals surface area contributed by atoms with Crippen LogP contribution < -0.4 is 5.32 Å². The minimum Gasteiger partial charge on any atom is -0.444 e. The summed E-state index contributed by atoms with van der Waals surface area (Å²) in [6, 6.07) is 3.71. The quantitative estimate of drug-likeness (QED) is 0.669. The van der Waals surface area contributed by atoms with Gasteiger partial charge in [-0.25, -0.2) is 4.79 Å². The standard InChI is InChI=1S/C24H40N2O3S/c1-6-20-15-21(22(30-20)10-12-27)17-9-11-26(16(2)13-17)19-8-7-18(14-19)25-23(28)29-24(3,4)5/h15-19,27H,6-14H2,1-5H3,(H,25,28). The van der Waals surface area contributed by atoms with Crippen molar-refractivity contribution >= 4 is 17.4 Å². The number of aliphatic hydroxyl groups is 1. The van der Waals surface area contributed by atoms with Gasteiger partial charge in [-0.3, -0.25) is 4.90 Å². The molecule has 1 amide bonds. The number of likely N-dealkylation sites (tertiary alicyclic amines) is 1. The predicted octanol–water partition coefficient (Wildman–Crippen LogP) is 4.86. The van der Waals surface area contributed by atoms with Crippen molar-refractivity contribution < 1.29 is 14.6 Å². The SMILES string of the molecule is CCc1cc(C2CCN(C3CCC(NC(=O)OC(C)(C)C)C3)C(C)C2)c(CCO)s1. The van der Waals surface area contributed by atoms with E-state index in [1.165, 1.54) is 28.2 Å². The normalized spacial score (nSPS) is 27.9. The third kappa shape index (κ3) is 5.98. The third-order valence-corrected chi connectivity index (χ3v) is 7.90. The van der Waals surface area contributed by atoms with Crippen molar-refractivity contribution in [3.05, 3.63) is 21.4 Å². The third-order valence-electron chi connectivity index (χ3n) is 6.54. The second kappa shape index (κ2) is 10.0. The van der Waals surface area contributed by atoms with Crippen molar-refractivity contribution in [2.75, 3.05) is 13.2 Å². The van der Waals surface area contributed by atoms with Crippen molar-refractivity contribution in [1.29, 1.82) is 0 Å². The number of nitrogens with one attached hydrogen (secondary N) is 1. The van der Waals surface area contributed by atoms with E-state index in [4.69, 9.17) is 4.74 Å². The Labute approximate surface area is 186 Å². The second-order valence-electron chi connectivity index (χ2n) is 10.0. The molecule has 1 aromatic rings. The molecule has 0 aromatic carbocycles. The summed E-state index contributed by atoms with van der Waals surface area (Å²) in [5.41, 5.74) is 1.04. The number of hydrogen-bond donors (Lipinski definition) is 2. The molecule has 0 spiro atoms. The number of carbonyl (C=O) groups is 1. The summed E-state index contributed by atoms with van der Waals surface area (Å²) in [6.07, 6.45) is 7.12. The van der Waals surface area contributed by atoms with E-state index in [1.807, 2.05) is 32.1 Å². The second-order valence-corrected chi connectivity index (χ2v) is 11.3. The maximum atomic E-state index is 12.1. The average Bonchev–Trinajstić information content (AvgIpc) is 3.27. The molecular weight excluding hydrogens is 396 g/mol. The number of thiophene rings is 1. The van der Waals surface area contributed by atoms with E-state index in [2.05, 4.69) is 30.1 Å². The summed E-state index contributed by atoms with van der Waals surface area (Å²) in [6.45, 7) is 11.6. The minimum absolute atomic E-state index is 0.218. The smallest absolute Gasteiger partial charge is 0.407 e. The topological polar surface area (TPSA) is 61.8 Å². The van der Waals surface area contributed by atoms with Crippen LogP contribution in [0.1, 0.15) is 88.0 Å². The zero-order chi connectivity index (χ0) is 21.9. The van der Waals surface area contributed by atoms with E-state index in [0.29, 0.717) is 18.0 Å². The van der Waals surface area contributed by atoms with Crippen LogP contribution in [-0.4, -0.2) is 53.0 Å². The van der Waals surface area contributed by atoms with Gasteiger partial charge < -0.3 is 15.2 Å². The Hall–Kier alpha value is -1.11. The first-order valence-corrected chi connectivity index (χ1v) is 12.5. The lowest BCUT2D eigenvalue weighted by Crippen LogP contribution is -2.46. The molecule has 1 aromatic heterocycles. The number of nitrogens with zero attached hydrogens (tertiary/aromatic N) is 1. The molecule has 4 unspecified atom stereocenters. The van der Waals surface area contributed by atoms with Crippen LogP contribution in [-0.2, 0) is 17.6 Å². The lowest BCUT2D eigenvalue weighted by atomic mass is 9.84. The fraction of sp³-hybridized carbons (Fsp3) is 0.792. The van der Waals surface area contributed by atoms with Gasteiger partial charge in [0.15, 0.2) is 0 Å². The zero-order valence-electron chi connectivity index (χ0n) is 19.4. The van der Waals surface area contributed by atoms with Crippen molar-refractivity contribution in [2.24, 2.45) is 0 Å². The number of piperidine rings is 1. The number of amides is 1. The molecule has 2 N–H and O–H groups in total. The molecule has 2 fully saturated rings. The number of hydrogen-bond acceptors (Lipinski definition) is 5. The van der Waals surface area contributed by atoms with E-state index in [9.17, 15) is 9.90 Å². The molecule has 2 aliphatic rings. The van der Waals surface area contributed by atoms with E-state index >= 15 is 0 Å². The molecule has 6 heteroatoms. The molecule has 1 aliphatic heterocycles. The number of carbonyl (C=O) groups excluding carboxylic acids is 1. The van der Waals surface area contributed by atoms with Crippen LogP contribution >= 0.6 is 11.3 Å². The molecule has 0 bridgehead atoms. The predicted molar refractivity (Wildman–Crippen MR) is 123 cm³/mol. The Morgan fingerprint density at radius 2 is 2.07 bits per heavy atom. The van der Waals surface area contributed by atoms with Crippen LogP contribution in [0.3, 0.4) is 0 Å². The van der Waals surface area contributed by atoms with E-state index in [-0.39, 0.29) is 18.7 Å². The molecule has 5 nitrogen and oxygen atoms in total. The summed E-state index contributed by atoms with van der Waals surface area (Å²) in [7, 11) is 0. The number of alkyl carbamates (subject to hydrolysis) is 1. The lowest BCUT2D eigenvalue weighted by molar-refractivity contribution is 0.0499. The van der Waals surface area contributed by atoms with Crippen molar-refractivity contribution in [3.8, 4) is 0 Å². The first kappa shape index (κ1) is 23.6. The van der Waals surface area contributed by atoms with Gasteiger partial charge in [-0.05, 0) is 90.3 Å². The molecule has 170 valence electrons. The summed E-state index contributed by atoms with van der Waals surface area (Å²) in [5, 5.41) is 12.5. The Balaban J connectivity index is 1.55. The van der Waals surface area contributed by atoms with Gasteiger partial charge in [-0.2, -0.15) is 0 Å². The summed E-state index contributed by atoms with van der Waals surface area (Å²) < 4.78 is 5.43. The van der Waals surface area contributed by atoms with Crippen LogP contribution in [0.4, 0.5) is 4.79 Å². The van der Waals surface area contributed by atoms with Gasteiger partial charge in [-0.15, -0.1) is 11.3 Å². The van der Waals surface area contributed by atoms with Crippen molar-refractivity contribution in [3.63, 3.8) is 0 Å². The maximum absolute atomic E-state index is 12.1. The highest BCUT2D eigenvalue weighted by molar-refractivity contribution is 7.12. The summed E-state index contributed by atoms with van der Waals surface area (Å²) >= 11 is 1.89. The fourth-order valence-corrected chi connectivity index (χ4v) is 6.38. The Morgan fingerprint density at radius 1 is 1.30 bits per heavy atom. The van der Waals surface area contributed by atoms with Gasteiger partial charge in [0, 0.05) is 40.9 Å². The van der Waals surface area contributed by atoms with Crippen molar-refractivity contribution in [2.45, 2.75) is 109 Å². The Bertz CT molecular complexity index is 712. The highest BCUT2D eigenvalue weighted by Crippen LogP contribution is 2.39. The number of aryl methyl sites for hydroxylation is 1. The molecule has 2 heterocycles. The average molecular weight is 437 g/mol. The monoisotopic (exact) mass is 436 g/mol. The molecule has 30 heavy (non-hydrogen) atoms. The molecule has 0 radical (unpaired) electrons. The van der Waals surface area contributed by atoms with Gasteiger partial charge in [0.25, 0.3) is 0 Å². The summed E-state index contributed by atoms with van der Waals surface area (Å²) in [5.74, 6) is 0.603. The largest absolute Gasteiger partial charge is 0.444 e. The van der Waals surface area contributed by atoms with Crippen LogP contribution in [0.15, 0.2) is 6.07 Å². The maximum Gasteiger partial charge on any atom is 0.407 e. The van der Waals surface area contributed by atoms with Gasteiger partial charge in [0.1, 0.15) is 5.60 Å². The molecule has 3 rings (SSSR count). The van der Waals surface area contributed by atoms with E-state index < -0.39 is 5.60 Å². The van der Waals surface area contributed by atoms with E-state index in [1.54, 1.807) is 0 Å². The molecule has 1 saturated carbocycles. The van der Waals surface area contributed by atoms with Gasteiger partial charge in [-0.1, -0.05) is 6.92 Å². The van der Waals surface area contributed by atoms with Gasteiger partial charge >= 0.3 is 6.09 Å². The minimum atomic E-state index is -0.452. The highest BCUT2D eigenvalue weighted by Gasteiger charge is 2.37. The Morgan fingerprint density at radius 3 is 2.70 bits per heavy atom. The number of aliphatic hydroxyl groups excluding tert-OH is 1. The fourth-order valence-electron chi connectivity index (χ4n) is 5.20. The van der Waals surface area contributed by atoms with Crippen LogP contribution in [0.25, 0.3) is 0 Å². The van der Waals surface area contributed by atoms with Gasteiger partial charge in [0.05, 0.1) is 0 Å². The molecule has 1 aliphatic carbocycles. The number of rotatable bonds is 6. The Kier molecular flexibility index (Phi) is 7.86.